The van der Waals surface area contributed by atoms with Crippen LogP contribution in [0.3, 0.4) is 0 Å². The lowest BCUT2D eigenvalue weighted by atomic mass is 10.1. The highest BCUT2D eigenvalue weighted by Crippen LogP contribution is 2.62. The van der Waals surface area contributed by atoms with Gasteiger partial charge in [-0.15, -0.1) is 0 Å². The first-order valence-corrected chi connectivity index (χ1v) is 11.9. The lowest BCUT2D eigenvalue weighted by Crippen LogP contribution is -2.37. The number of nitrogens with zero attached hydrogens (tertiary/aromatic N) is 2. The van der Waals surface area contributed by atoms with Gasteiger partial charge < -0.3 is 3.97 Å². The summed E-state index contributed by atoms with van der Waals surface area (Å²) in [5.41, 5.74) is 4.58. The molecule has 3 rings (SSSR count). The van der Waals surface area contributed by atoms with Crippen LogP contribution in [0.1, 0.15) is 58.4 Å². The molecule has 0 spiro atoms. The molecule has 1 aliphatic rings. The van der Waals surface area contributed by atoms with Crippen LogP contribution in [0.15, 0.2) is 42.6 Å². The summed E-state index contributed by atoms with van der Waals surface area (Å²) in [6.07, 6.45) is 3.60. The highest BCUT2D eigenvalue weighted by Gasteiger charge is 2.38. The summed E-state index contributed by atoms with van der Waals surface area (Å²) in [6.45, 7) is 17.9. The van der Waals surface area contributed by atoms with Crippen LogP contribution in [0.5, 0.6) is 0 Å². The van der Waals surface area contributed by atoms with Crippen molar-refractivity contribution in [1.82, 2.24) is 8.87 Å². The molecule has 0 saturated carbocycles. The maximum atomic E-state index is 2.75. The zero-order valence-electron chi connectivity index (χ0n) is 17.4. The van der Waals surface area contributed by atoms with Gasteiger partial charge in [0.15, 0.2) is 0 Å². The lowest BCUT2D eigenvalue weighted by molar-refractivity contribution is 0.244. The van der Waals surface area contributed by atoms with Gasteiger partial charge in [0.25, 0.3) is 0 Å². The van der Waals surface area contributed by atoms with Gasteiger partial charge in [-0.2, -0.15) is 10.2 Å². The van der Waals surface area contributed by atoms with Gasteiger partial charge in [0.05, 0.1) is 0 Å². The van der Waals surface area contributed by atoms with E-state index in [0.29, 0.717) is 15.7 Å². The third-order valence-electron chi connectivity index (χ3n) is 5.96. The minimum Gasteiger partial charge on any atom is -0.313 e. The fraction of sp³-hybridized carbons (Fsp3) is 0.565. The van der Waals surface area contributed by atoms with E-state index in [9.17, 15) is 0 Å². The summed E-state index contributed by atoms with van der Waals surface area (Å²) in [7, 11) is -0.901. The molecule has 0 bridgehead atoms. The van der Waals surface area contributed by atoms with Crippen LogP contribution in [-0.4, -0.2) is 31.2 Å². The SMILES string of the molecule is CC(C)S(C(C)C)(C(C)C)n1ccc2c1CCN(Cc1ccccc1)C2. The van der Waals surface area contributed by atoms with E-state index in [-0.39, 0.29) is 0 Å². The number of aromatic nitrogens is 1. The first kappa shape index (κ1) is 19.6. The molecule has 0 unspecified atom stereocenters. The van der Waals surface area contributed by atoms with Crippen molar-refractivity contribution in [3.63, 3.8) is 0 Å². The van der Waals surface area contributed by atoms with E-state index in [0.717, 1.165) is 19.6 Å². The third-order valence-corrected chi connectivity index (χ3v) is 11.5. The van der Waals surface area contributed by atoms with Gasteiger partial charge >= 0.3 is 0 Å². The van der Waals surface area contributed by atoms with Crippen molar-refractivity contribution in [2.24, 2.45) is 0 Å². The average molecular weight is 373 g/mol. The quantitative estimate of drug-likeness (QED) is 0.618. The second-order valence-electron chi connectivity index (χ2n) is 8.43. The zero-order chi connectivity index (χ0) is 18.9. The molecule has 0 saturated heterocycles. The molecule has 0 N–H and O–H groups in total. The van der Waals surface area contributed by atoms with Crippen molar-refractivity contribution in [2.75, 3.05) is 6.54 Å². The van der Waals surface area contributed by atoms with Gasteiger partial charge in [-0.05, 0) is 17.2 Å². The second-order valence-corrected chi connectivity index (χ2v) is 13.1. The van der Waals surface area contributed by atoms with E-state index < -0.39 is 10.2 Å². The summed E-state index contributed by atoms with van der Waals surface area (Å²) in [6, 6.07) is 13.3. The van der Waals surface area contributed by atoms with E-state index in [2.05, 4.69) is 93.0 Å². The third kappa shape index (κ3) is 3.36. The molecule has 2 heterocycles. The maximum Gasteiger partial charge on any atom is 0.0333 e. The van der Waals surface area contributed by atoms with Crippen molar-refractivity contribution in [2.45, 2.75) is 76.8 Å². The van der Waals surface area contributed by atoms with Gasteiger partial charge in [-0.1, -0.05) is 71.9 Å². The van der Waals surface area contributed by atoms with Gasteiger partial charge in [0.2, 0.25) is 0 Å². The monoisotopic (exact) mass is 372 g/mol. The zero-order valence-corrected chi connectivity index (χ0v) is 18.2. The van der Waals surface area contributed by atoms with Crippen LogP contribution >= 0.6 is 10.2 Å². The molecule has 3 heteroatoms. The lowest BCUT2D eigenvalue weighted by Gasteiger charge is -2.53. The molecule has 0 fully saturated rings. The summed E-state index contributed by atoms with van der Waals surface area (Å²) in [5.74, 6) is 0. The highest BCUT2D eigenvalue weighted by atomic mass is 32.3. The average Bonchev–Trinajstić information content (AvgIpc) is 2.99. The van der Waals surface area contributed by atoms with Crippen molar-refractivity contribution in [1.29, 1.82) is 0 Å². The van der Waals surface area contributed by atoms with Crippen molar-refractivity contribution in [3.8, 4) is 0 Å². The Morgan fingerprint density at radius 3 is 2.08 bits per heavy atom. The van der Waals surface area contributed by atoms with Crippen LogP contribution < -0.4 is 0 Å². The van der Waals surface area contributed by atoms with E-state index >= 15 is 0 Å². The molecule has 0 atom stereocenters. The molecule has 2 nitrogen and oxygen atoms in total. The minimum atomic E-state index is -0.901. The Hall–Kier alpha value is -1.19. The van der Waals surface area contributed by atoms with Gasteiger partial charge in [0.1, 0.15) is 0 Å². The van der Waals surface area contributed by atoms with Gasteiger partial charge in [0, 0.05) is 53.7 Å². The number of hydrogen-bond donors (Lipinski definition) is 0. The summed E-state index contributed by atoms with van der Waals surface area (Å²) < 4.78 is 2.75. The van der Waals surface area contributed by atoms with E-state index in [4.69, 9.17) is 0 Å². The molecular weight excluding hydrogens is 336 g/mol. The standard InChI is InChI=1S/C23H36N2S/c1-18(2)26(19(3)4,20(5)6)25-15-12-22-17-24(14-13-23(22)25)16-21-10-8-7-9-11-21/h7-12,15,18-20H,13-14,16-17H2,1-6H3. The summed E-state index contributed by atoms with van der Waals surface area (Å²) in [5, 5.41) is 2.09. The van der Waals surface area contributed by atoms with Crippen LogP contribution in [0.25, 0.3) is 0 Å². The van der Waals surface area contributed by atoms with Crippen LogP contribution in [0.2, 0.25) is 0 Å². The Balaban J connectivity index is 1.89. The Morgan fingerprint density at radius 2 is 1.50 bits per heavy atom. The summed E-state index contributed by atoms with van der Waals surface area (Å²) in [4.78, 5) is 2.60. The molecule has 1 aromatic heterocycles. The van der Waals surface area contributed by atoms with Crippen LogP contribution in [-0.2, 0) is 19.5 Å². The largest absolute Gasteiger partial charge is 0.313 e. The normalized spacial score (nSPS) is 16.5. The molecule has 1 aromatic carbocycles. The molecule has 0 amide bonds. The molecule has 144 valence electrons. The second kappa shape index (κ2) is 7.82. The first-order chi connectivity index (χ1) is 12.4. The molecule has 0 radical (unpaired) electrons. The maximum absolute atomic E-state index is 2.75. The number of fused-ring (bicyclic) bond motifs is 1. The Morgan fingerprint density at radius 1 is 0.885 bits per heavy atom. The number of rotatable bonds is 6. The highest BCUT2D eigenvalue weighted by molar-refractivity contribution is 8.33. The Labute approximate surface area is 162 Å². The number of benzene rings is 1. The van der Waals surface area contributed by atoms with Crippen LogP contribution in [0, 0.1) is 0 Å². The Bertz CT molecular complexity index is 693. The van der Waals surface area contributed by atoms with E-state index in [1.165, 1.54) is 12.0 Å². The van der Waals surface area contributed by atoms with Crippen molar-refractivity contribution >= 4 is 10.2 Å². The van der Waals surface area contributed by atoms with Crippen molar-refractivity contribution in [3.05, 3.63) is 59.4 Å². The van der Waals surface area contributed by atoms with E-state index in [1.54, 1.807) is 11.3 Å². The minimum absolute atomic E-state index is 0.696. The topological polar surface area (TPSA) is 8.17 Å². The predicted octanol–water partition coefficient (Wildman–Crippen LogP) is 5.84. The van der Waals surface area contributed by atoms with Gasteiger partial charge in [-0.3, -0.25) is 4.90 Å². The van der Waals surface area contributed by atoms with E-state index in [1.807, 2.05) is 0 Å². The number of hydrogen-bond acceptors (Lipinski definition) is 1. The van der Waals surface area contributed by atoms with Crippen LogP contribution in [0.4, 0.5) is 0 Å². The van der Waals surface area contributed by atoms with Crippen molar-refractivity contribution < 1.29 is 0 Å². The molecule has 0 aliphatic carbocycles. The molecule has 1 aliphatic heterocycles. The summed E-state index contributed by atoms with van der Waals surface area (Å²) >= 11 is 0. The molecule has 2 aromatic rings. The smallest absolute Gasteiger partial charge is 0.0333 e. The Kier molecular flexibility index (Phi) is 5.88. The fourth-order valence-electron chi connectivity index (χ4n) is 5.07. The first-order valence-electron chi connectivity index (χ1n) is 10.1. The van der Waals surface area contributed by atoms with Gasteiger partial charge in [-0.25, -0.2) is 0 Å². The fourth-order valence-corrected chi connectivity index (χ4v) is 10.6. The molecule has 26 heavy (non-hydrogen) atoms. The molecular formula is C23H36N2S. The predicted molar refractivity (Wildman–Crippen MR) is 117 cm³/mol.